The zero-order valence-corrected chi connectivity index (χ0v) is 18.3. The van der Waals surface area contributed by atoms with Crippen LogP contribution in [0.15, 0.2) is 55.0 Å². The molecule has 0 unspecified atom stereocenters. The number of primary amides is 1. The molecular formula is C24H25N7O2. The van der Waals surface area contributed by atoms with Crippen LogP contribution in [0.25, 0.3) is 11.3 Å². The van der Waals surface area contributed by atoms with Crippen molar-refractivity contribution in [2.45, 2.75) is 38.5 Å². The van der Waals surface area contributed by atoms with E-state index in [1.54, 1.807) is 27.7 Å². The molecule has 1 aromatic carbocycles. The second kappa shape index (κ2) is 8.50. The number of nitrogens with two attached hydrogens (primary N) is 1. The third kappa shape index (κ3) is 4.09. The Bertz CT molecular complexity index is 1310. The Labute approximate surface area is 190 Å². The number of nitrogens with one attached hydrogen (secondary N) is 1. The topological polar surface area (TPSA) is 120 Å². The summed E-state index contributed by atoms with van der Waals surface area (Å²) in [5.41, 5.74) is 9.25. The Morgan fingerprint density at radius 1 is 1.12 bits per heavy atom. The first-order chi connectivity index (χ1) is 16.0. The van der Waals surface area contributed by atoms with Crippen LogP contribution in [0.3, 0.4) is 0 Å². The van der Waals surface area contributed by atoms with Crippen LogP contribution >= 0.6 is 0 Å². The Morgan fingerprint density at radius 2 is 1.88 bits per heavy atom. The van der Waals surface area contributed by atoms with E-state index in [1.165, 1.54) is 6.20 Å². The maximum atomic E-state index is 13.1. The van der Waals surface area contributed by atoms with Crippen LogP contribution in [-0.4, -0.2) is 36.2 Å². The van der Waals surface area contributed by atoms with Gasteiger partial charge in [-0.05, 0) is 50.8 Å². The second-order valence-electron chi connectivity index (χ2n) is 8.55. The number of amides is 2. The number of hydrogen-bond acceptors (Lipinski definition) is 5. The van der Waals surface area contributed by atoms with Crippen LogP contribution in [-0.2, 0) is 4.79 Å². The highest BCUT2D eigenvalue weighted by molar-refractivity contribution is 6.07. The van der Waals surface area contributed by atoms with Gasteiger partial charge in [0.05, 0.1) is 17.6 Å². The molecule has 33 heavy (non-hydrogen) atoms. The van der Waals surface area contributed by atoms with Crippen LogP contribution in [0.5, 0.6) is 0 Å². The maximum Gasteiger partial charge on any atom is 0.262 e. The molecule has 0 bridgehead atoms. The summed E-state index contributed by atoms with van der Waals surface area (Å²) in [5.74, 6) is 0.185. The highest BCUT2D eigenvalue weighted by atomic mass is 16.2. The van der Waals surface area contributed by atoms with E-state index in [4.69, 9.17) is 10.8 Å². The summed E-state index contributed by atoms with van der Waals surface area (Å²) in [6.45, 7) is 2.02. The van der Waals surface area contributed by atoms with E-state index >= 15 is 0 Å². The molecule has 0 saturated heterocycles. The van der Waals surface area contributed by atoms with Crippen LogP contribution in [0, 0.1) is 12.8 Å². The molecule has 3 N–H and O–H groups in total. The van der Waals surface area contributed by atoms with E-state index in [-0.39, 0.29) is 23.7 Å². The number of aryl methyl sites for hydroxylation is 1. The van der Waals surface area contributed by atoms with E-state index in [0.29, 0.717) is 17.0 Å². The molecule has 0 aliphatic heterocycles. The van der Waals surface area contributed by atoms with Gasteiger partial charge < -0.3 is 11.1 Å². The molecule has 9 heteroatoms. The molecule has 0 spiro atoms. The van der Waals surface area contributed by atoms with Crippen LogP contribution in [0.1, 0.15) is 53.2 Å². The third-order valence-corrected chi connectivity index (χ3v) is 6.32. The summed E-state index contributed by atoms with van der Waals surface area (Å²) >= 11 is 0. The van der Waals surface area contributed by atoms with Crippen molar-refractivity contribution < 1.29 is 9.59 Å². The monoisotopic (exact) mass is 443 g/mol. The third-order valence-electron chi connectivity index (χ3n) is 6.32. The predicted molar refractivity (Wildman–Crippen MR) is 123 cm³/mol. The van der Waals surface area contributed by atoms with Crippen molar-refractivity contribution >= 4 is 23.3 Å². The van der Waals surface area contributed by atoms with Crippen molar-refractivity contribution in [2.24, 2.45) is 11.7 Å². The van der Waals surface area contributed by atoms with Gasteiger partial charge in [0, 0.05) is 30.3 Å². The summed E-state index contributed by atoms with van der Waals surface area (Å²) < 4.78 is 3.32. The molecule has 0 atom stereocenters. The second-order valence-corrected chi connectivity index (χ2v) is 8.55. The first-order valence-corrected chi connectivity index (χ1v) is 11.1. The summed E-state index contributed by atoms with van der Waals surface area (Å²) in [6.07, 6.45) is 8.07. The van der Waals surface area contributed by atoms with Gasteiger partial charge in [0.25, 0.3) is 5.91 Å². The molecule has 0 radical (unpaired) electrons. The normalized spacial score (nSPS) is 18.3. The average molecular weight is 444 g/mol. The molecule has 1 saturated carbocycles. The lowest BCUT2D eigenvalue weighted by Crippen LogP contribution is -2.27. The fourth-order valence-corrected chi connectivity index (χ4v) is 4.42. The SMILES string of the molecule is Cc1ccc(-n2nc(C3CCC(C(N)=O)CC3)cc2NC(=O)c2cnn3cccnc23)cc1. The molecule has 1 aliphatic carbocycles. The largest absolute Gasteiger partial charge is 0.369 e. The smallest absolute Gasteiger partial charge is 0.262 e. The maximum absolute atomic E-state index is 13.1. The Morgan fingerprint density at radius 3 is 2.61 bits per heavy atom. The van der Waals surface area contributed by atoms with Crippen molar-refractivity contribution in [3.05, 3.63) is 71.8 Å². The number of benzene rings is 1. The van der Waals surface area contributed by atoms with Gasteiger partial charge in [0.1, 0.15) is 11.4 Å². The van der Waals surface area contributed by atoms with E-state index in [2.05, 4.69) is 15.4 Å². The molecule has 2 amide bonds. The standard InChI is InChI=1S/C24H25N7O2/c1-15-3-9-18(10-4-15)31-21(13-20(29-31)16-5-7-17(8-6-16)22(25)32)28-24(33)19-14-27-30-12-2-11-26-23(19)30/h2-4,9-14,16-17H,5-8H2,1H3,(H2,25,32)(H,28,33). The number of hydrogen-bond donors (Lipinski definition) is 2. The molecule has 168 valence electrons. The minimum atomic E-state index is -0.305. The lowest BCUT2D eigenvalue weighted by molar-refractivity contribution is -0.122. The van der Waals surface area contributed by atoms with Crippen LogP contribution < -0.4 is 11.1 Å². The number of aromatic nitrogens is 5. The van der Waals surface area contributed by atoms with Crippen molar-refractivity contribution in [1.82, 2.24) is 24.4 Å². The van der Waals surface area contributed by atoms with E-state index < -0.39 is 0 Å². The highest BCUT2D eigenvalue weighted by Gasteiger charge is 2.28. The fourth-order valence-electron chi connectivity index (χ4n) is 4.42. The Balaban J connectivity index is 1.46. The molecule has 3 aromatic heterocycles. The molecule has 4 aromatic rings. The summed E-state index contributed by atoms with van der Waals surface area (Å²) in [4.78, 5) is 28.9. The number of nitrogens with zero attached hydrogens (tertiary/aromatic N) is 5. The first kappa shape index (κ1) is 20.9. The van der Waals surface area contributed by atoms with Gasteiger partial charge in [-0.2, -0.15) is 10.2 Å². The summed E-state index contributed by atoms with van der Waals surface area (Å²) in [7, 11) is 0. The molecule has 1 fully saturated rings. The molecule has 3 heterocycles. The van der Waals surface area contributed by atoms with Gasteiger partial charge >= 0.3 is 0 Å². The van der Waals surface area contributed by atoms with Gasteiger partial charge in [-0.15, -0.1) is 0 Å². The van der Waals surface area contributed by atoms with Crippen LogP contribution in [0.4, 0.5) is 5.82 Å². The van der Waals surface area contributed by atoms with Crippen molar-refractivity contribution in [3.8, 4) is 5.69 Å². The summed E-state index contributed by atoms with van der Waals surface area (Å²) in [5, 5.41) is 12.1. The Kier molecular flexibility index (Phi) is 5.37. The van der Waals surface area contributed by atoms with Gasteiger partial charge in [-0.25, -0.2) is 14.2 Å². The lowest BCUT2D eigenvalue weighted by atomic mass is 9.80. The predicted octanol–water partition coefficient (Wildman–Crippen LogP) is 3.23. The van der Waals surface area contributed by atoms with Crippen LogP contribution in [0.2, 0.25) is 0 Å². The van der Waals surface area contributed by atoms with E-state index in [1.807, 2.05) is 37.3 Å². The molecule has 5 rings (SSSR count). The minimum Gasteiger partial charge on any atom is -0.369 e. The van der Waals surface area contributed by atoms with Crippen molar-refractivity contribution in [1.29, 1.82) is 0 Å². The molecular weight excluding hydrogens is 418 g/mol. The highest BCUT2D eigenvalue weighted by Crippen LogP contribution is 2.36. The lowest BCUT2D eigenvalue weighted by Gasteiger charge is -2.25. The van der Waals surface area contributed by atoms with Crippen molar-refractivity contribution in [2.75, 3.05) is 5.32 Å². The van der Waals surface area contributed by atoms with Gasteiger partial charge in [-0.1, -0.05) is 17.7 Å². The number of rotatable bonds is 5. The zero-order chi connectivity index (χ0) is 22.9. The van der Waals surface area contributed by atoms with E-state index in [0.717, 1.165) is 42.6 Å². The van der Waals surface area contributed by atoms with E-state index in [9.17, 15) is 9.59 Å². The average Bonchev–Trinajstić information content (AvgIpc) is 3.44. The zero-order valence-electron chi connectivity index (χ0n) is 18.3. The fraction of sp³-hybridized carbons (Fsp3) is 0.292. The molecule has 1 aliphatic rings. The quantitative estimate of drug-likeness (QED) is 0.491. The summed E-state index contributed by atoms with van der Waals surface area (Å²) in [6, 6.07) is 11.6. The first-order valence-electron chi connectivity index (χ1n) is 11.1. The van der Waals surface area contributed by atoms with Gasteiger partial charge in [0.2, 0.25) is 5.91 Å². The van der Waals surface area contributed by atoms with Crippen molar-refractivity contribution in [3.63, 3.8) is 0 Å². The van der Waals surface area contributed by atoms with Gasteiger partial charge in [0.15, 0.2) is 5.65 Å². The molecule has 9 nitrogen and oxygen atoms in total. The number of fused-ring (bicyclic) bond motifs is 1. The number of anilines is 1. The van der Waals surface area contributed by atoms with Gasteiger partial charge in [-0.3, -0.25) is 9.59 Å². The number of carbonyl (C=O) groups is 2. The number of carbonyl (C=O) groups excluding carboxylic acids is 2. The Hall–Kier alpha value is -4.01. The minimum absolute atomic E-state index is 0.0669.